The minimum absolute atomic E-state index is 0.181. The molecule has 1 rings (SSSR count). The van der Waals surface area contributed by atoms with E-state index in [1.807, 2.05) is 6.92 Å². The van der Waals surface area contributed by atoms with Crippen molar-refractivity contribution in [1.82, 2.24) is 5.32 Å². The number of hydrogen-bond donors (Lipinski definition) is 2. The fourth-order valence-corrected chi connectivity index (χ4v) is 2.18. The highest BCUT2D eigenvalue weighted by molar-refractivity contribution is 5.01. The molecule has 0 unspecified atom stereocenters. The molecule has 0 spiro atoms. The first-order valence-corrected chi connectivity index (χ1v) is 5.68. The third-order valence-electron chi connectivity index (χ3n) is 3.18. The van der Waals surface area contributed by atoms with Gasteiger partial charge in [-0.3, -0.25) is 5.32 Å². The topological polar surface area (TPSA) is 38.0 Å². The molecule has 1 aliphatic rings. The zero-order chi connectivity index (χ0) is 10.3. The Kier molecular flexibility index (Phi) is 5.00. The average Bonchev–Trinajstić information content (AvgIpc) is 2.45. The highest BCUT2D eigenvalue weighted by Gasteiger charge is 2.28. The van der Waals surface area contributed by atoms with Crippen LogP contribution in [0.1, 0.15) is 45.4 Å². The van der Waals surface area contributed by atoms with Gasteiger partial charge >= 0.3 is 0 Å². The lowest BCUT2D eigenvalue weighted by molar-refractivity contribution is 0.306. The van der Waals surface area contributed by atoms with Gasteiger partial charge in [0.1, 0.15) is 0 Å². The first-order valence-electron chi connectivity index (χ1n) is 5.68. The van der Waals surface area contributed by atoms with Crippen molar-refractivity contribution in [2.75, 3.05) is 13.1 Å². The quantitative estimate of drug-likeness (QED) is 0.529. The molecule has 80 valence electrons. The van der Waals surface area contributed by atoms with E-state index in [4.69, 9.17) is 5.73 Å². The normalized spacial score (nSPS) is 20.7. The summed E-state index contributed by atoms with van der Waals surface area (Å²) in [5.41, 5.74) is 6.06. The Balaban J connectivity index is 2.47. The number of nitrogens with one attached hydrogen (secondary N) is 1. The maximum atomic E-state index is 5.88. The summed E-state index contributed by atoms with van der Waals surface area (Å²) in [5, 5.41) is 3.53. The highest BCUT2D eigenvalue weighted by atomic mass is 15.0. The van der Waals surface area contributed by atoms with E-state index in [0.29, 0.717) is 0 Å². The van der Waals surface area contributed by atoms with Gasteiger partial charge in [0, 0.05) is 12.1 Å². The maximum Gasteiger partial charge on any atom is 0.0581 e. The monoisotopic (exact) mass is 194 g/mol. The Morgan fingerprint density at radius 2 is 1.86 bits per heavy atom. The van der Waals surface area contributed by atoms with Crippen LogP contribution in [-0.4, -0.2) is 18.6 Å². The van der Waals surface area contributed by atoms with Crippen LogP contribution in [0.4, 0.5) is 0 Å². The van der Waals surface area contributed by atoms with E-state index in [2.05, 4.69) is 17.2 Å². The standard InChI is InChI=1S/C12H22N2/c1-2-3-10-14-12(11-13)8-6-4-5-7-9-12/h14H,4-11,13H2,1H3. The van der Waals surface area contributed by atoms with E-state index in [0.717, 1.165) is 13.1 Å². The van der Waals surface area contributed by atoms with Crippen LogP contribution in [0.3, 0.4) is 0 Å². The molecule has 0 atom stereocenters. The molecule has 0 aliphatic heterocycles. The summed E-state index contributed by atoms with van der Waals surface area (Å²) in [5.74, 6) is 5.97. The van der Waals surface area contributed by atoms with Gasteiger partial charge in [-0.2, -0.15) is 0 Å². The SMILES string of the molecule is CC#CCNC1(CN)CCCCCC1. The molecular formula is C12H22N2. The lowest BCUT2D eigenvalue weighted by Crippen LogP contribution is -2.51. The Labute approximate surface area is 87.6 Å². The van der Waals surface area contributed by atoms with E-state index in [1.54, 1.807) is 0 Å². The smallest absolute Gasteiger partial charge is 0.0581 e. The second-order valence-electron chi connectivity index (χ2n) is 4.18. The first kappa shape index (κ1) is 11.6. The molecule has 0 radical (unpaired) electrons. The summed E-state index contributed by atoms with van der Waals surface area (Å²) in [4.78, 5) is 0. The molecule has 2 nitrogen and oxygen atoms in total. The van der Waals surface area contributed by atoms with Gasteiger partial charge in [-0.15, -0.1) is 5.92 Å². The first-order chi connectivity index (χ1) is 6.83. The molecule has 1 fully saturated rings. The molecule has 2 heteroatoms. The van der Waals surface area contributed by atoms with Crippen LogP contribution in [0.25, 0.3) is 0 Å². The third kappa shape index (κ3) is 3.32. The molecule has 3 N–H and O–H groups in total. The maximum absolute atomic E-state index is 5.88. The van der Waals surface area contributed by atoms with Crippen molar-refractivity contribution < 1.29 is 0 Å². The molecule has 0 heterocycles. The third-order valence-corrected chi connectivity index (χ3v) is 3.18. The molecule has 0 saturated heterocycles. The molecule has 0 aromatic rings. The lowest BCUT2D eigenvalue weighted by Gasteiger charge is -2.32. The Morgan fingerprint density at radius 1 is 1.21 bits per heavy atom. The van der Waals surface area contributed by atoms with Crippen molar-refractivity contribution in [2.24, 2.45) is 5.73 Å². The Bertz CT molecular complexity index is 204. The minimum atomic E-state index is 0.181. The number of hydrogen-bond acceptors (Lipinski definition) is 2. The Morgan fingerprint density at radius 3 is 2.36 bits per heavy atom. The lowest BCUT2D eigenvalue weighted by atomic mass is 9.90. The fourth-order valence-electron chi connectivity index (χ4n) is 2.18. The largest absolute Gasteiger partial charge is 0.329 e. The molecule has 14 heavy (non-hydrogen) atoms. The van der Waals surface area contributed by atoms with Gasteiger partial charge in [0.15, 0.2) is 0 Å². The molecule has 0 bridgehead atoms. The van der Waals surface area contributed by atoms with Crippen LogP contribution in [0, 0.1) is 11.8 Å². The van der Waals surface area contributed by atoms with Crippen molar-refractivity contribution in [2.45, 2.75) is 51.0 Å². The van der Waals surface area contributed by atoms with Crippen LogP contribution in [0.2, 0.25) is 0 Å². The summed E-state index contributed by atoms with van der Waals surface area (Å²) < 4.78 is 0. The molecule has 1 aliphatic carbocycles. The van der Waals surface area contributed by atoms with Crippen LogP contribution < -0.4 is 11.1 Å². The summed E-state index contributed by atoms with van der Waals surface area (Å²) in [6, 6.07) is 0. The van der Waals surface area contributed by atoms with Crippen LogP contribution >= 0.6 is 0 Å². The van der Waals surface area contributed by atoms with Crippen molar-refractivity contribution in [1.29, 1.82) is 0 Å². The van der Waals surface area contributed by atoms with E-state index in [1.165, 1.54) is 38.5 Å². The van der Waals surface area contributed by atoms with Gasteiger partial charge in [0.25, 0.3) is 0 Å². The van der Waals surface area contributed by atoms with E-state index >= 15 is 0 Å². The van der Waals surface area contributed by atoms with Crippen molar-refractivity contribution in [3.05, 3.63) is 0 Å². The van der Waals surface area contributed by atoms with E-state index < -0.39 is 0 Å². The van der Waals surface area contributed by atoms with Gasteiger partial charge in [-0.25, -0.2) is 0 Å². The van der Waals surface area contributed by atoms with Crippen LogP contribution in [-0.2, 0) is 0 Å². The average molecular weight is 194 g/mol. The van der Waals surface area contributed by atoms with Gasteiger partial charge < -0.3 is 5.73 Å². The number of nitrogens with two attached hydrogens (primary N) is 1. The summed E-state index contributed by atoms with van der Waals surface area (Å²) in [7, 11) is 0. The summed E-state index contributed by atoms with van der Waals surface area (Å²) in [6.07, 6.45) is 7.78. The predicted octanol–water partition coefficient (Wildman–Crippen LogP) is 1.65. The van der Waals surface area contributed by atoms with Gasteiger partial charge in [0.2, 0.25) is 0 Å². The predicted molar refractivity (Wildman–Crippen MR) is 60.9 cm³/mol. The minimum Gasteiger partial charge on any atom is -0.329 e. The van der Waals surface area contributed by atoms with Gasteiger partial charge in [-0.1, -0.05) is 31.6 Å². The Hall–Kier alpha value is -0.520. The van der Waals surface area contributed by atoms with Crippen molar-refractivity contribution in [3.63, 3.8) is 0 Å². The van der Waals surface area contributed by atoms with Gasteiger partial charge in [-0.05, 0) is 19.8 Å². The molecule has 0 aromatic heterocycles. The number of rotatable bonds is 3. The second-order valence-corrected chi connectivity index (χ2v) is 4.18. The zero-order valence-electron chi connectivity index (χ0n) is 9.23. The van der Waals surface area contributed by atoms with Crippen LogP contribution in [0.5, 0.6) is 0 Å². The summed E-state index contributed by atoms with van der Waals surface area (Å²) >= 11 is 0. The molecular weight excluding hydrogens is 172 g/mol. The van der Waals surface area contributed by atoms with Crippen molar-refractivity contribution in [3.8, 4) is 11.8 Å². The van der Waals surface area contributed by atoms with Crippen LogP contribution in [0.15, 0.2) is 0 Å². The summed E-state index contributed by atoms with van der Waals surface area (Å²) in [6.45, 7) is 3.41. The molecule has 1 saturated carbocycles. The zero-order valence-corrected chi connectivity index (χ0v) is 9.23. The van der Waals surface area contributed by atoms with E-state index in [-0.39, 0.29) is 5.54 Å². The fraction of sp³-hybridized carbons (Fsp3) is 0.833. The van der Waals surface area contributed by atoms with Gasteiger partial charge in [0.05, 0.1) is 6.54 Å². The highest BCUT2D eigenvalue weighted by Crippen LogP contribution is 2.25. The van der Waals surface area contributed by atoms with E-state index in [9.17, 15) is 0 Å². The van der Waals surface area contributed by atoms with Crippen molar-refractivity contribution >= 4 is 0 Å². The second kappa shape index (κ2) is 6.06. The molecule has 0 aromatic carbocycles. The molecule has 0 amide bonds.